The van der Waals surface area contributed by atoms with Gasteiger partial charge in [-0.15, -0.1) is 0 Å². The second kappa shape index (κ2) is 8.99. The number of hydrogen-bond acceptors (Lipinski definition) is 6. The van der Waals surface area contributed by atoms with Crippen LogP contribution in [0, 0.1) is 0 Å². The minimum atomic E-state index is -3.45. The van der Waals surface area contributed by atoms with Gasteiger partial charge in [-0.2, -0.15) is 9.29 Å². The van der Waals surface area contributed by atoms with E-state index in [-0.39, 0.29) is 24.7 Å². The molecule has 3 rings (SSSR count). The van der Waals surface area contributed by atoms with Crippen LogP contribution in [0.2, 0.25) is 0 Å². The topological polar surface area (TPSA) is 85.5 Å². The molecule has 0 unspecified atom stereocenters. The molecule has 3 aromatic rings. The van der Waals surface area contributed by atoms with E-state index >= 15 is 0 Å². The average Bonchev–Trinajstić information content (AvgIpc) is 3.17. The first-order valence-electron chi connectivity index (χ1n) is 9.10. The Bertz CT molecular complexity index is 1000. The second-order valence-corrected chi connectivity index (χ2v) is 8.35. The number of ether oxygens (including phenoxy) is 1. The van der Waals surface area contributed by atoms with Crippen LogP contribution in [-0.2, 0) is 23.1 Å². The van der Waals surface area contributed by atoms with E-state index in [1.807, 2.05) is 61.5 Å². The molecule has 2 aromatic carbocycles. The second-order valence-electron chi connectivity index (χ2n) is 6.10. The van der Waals surface area contributed by atoms with E-state index in [0.29, 0.717) is 23.7 Å². The van der Waals surface area contributed by atoms with Crippen molar-refractivity contribution in [2.75, 3.05) is 12.4 Å². The maximum Gasteiger partial charge on any atom is 0.242 e. The lowest BCUT2D eigenvalue weighted by Crippen LogP contribution is -2.31. The molecule has 148 valence electrons. The molecular formula is C20H23N3O4S. The number of aromatic nitrogens is 2. The van der Waals surface area contributed by atoms with Gasteiger partial charge >= 0.3 is 0 Å². The van der Waals surface area contributed by atoms with E-state index < -0.39 is 10.0 Å². The van der Waals surface area contributed by atoms with Crippen LogP contribution in [-0.4, -0.2) is 35.2 Å². The van der Waals surface area contributed by atoms with Crippen molar-refractivity contribution in [1.29, 1.82) is 0 Å². The first kappa shape index (κ1) is 20.0. The summed E-state index contributed by atoms with van der Waals surface area (Å²) in [7, 11) is -3.45. The third kappa shape index (κ3) is 4.76. The molecule has 8 heteroatoms. The Balaban J connectivity index is 1.85. The maximum absolute atomic E-state index is 12.5. The van der Waals surface area contributed by atoms with Crippen molar-refractivity contribution in [1.82, 2.24) is 14.4 Å². The smallest absolute Gasteiger partial charge is 0.242 e. The molecule has 0 spiro atoms. The molecule has 28 heavy (non-hydrogen) atoms. The van der Waals surface area contributed by atoms with Gasteiger partial charge in [-0.3, -0.25) is 0 Å². The van der Waals surface area contributed by atoms with Gasteiger partial charge in [-0.05, 0) is 31.5 Å². The lowest BCUT2D eigenvalue weighted by Gasteiger charge is -2.19. The molecule has 7 nitrogen and oxygen atoms in total. The summed E-state index contributed by atoms with van der Waals surface area (Å²) >= 11 is 0. The Morgan fingerprint density at radius 3 is 2.43 bits per heavy atom. The molecule has 0 atom stereocenters. The highest BCUT2D eigenvalue weighted by molar-refractivity contribution is 7.89. The van der Waals surface area contributed by atoms with E-state index in [4.69, 9.17) is 9.26 Å². The molecular weight excluding hydrogens is 378 g/mol. The van der Waals surface area contributed by atoms with Gasteiger partial charge in [0, 0.05) is 6.54 Å². The quantitative estimate of drug-likeness (QED) is 0.546. The Hall–Kier alpha value is -2.71. The van der Waals surface area contributed by atoms with Crippen LogP contribution in [0.3, 0.4) is 0 Å². The molecule has 0 fully saturated rings. The summed E-state index contributed by atoms with van der Waals surface area (Å²) in [5.74, 6) is 1.25. The molecule has 0 aliphatic carbocycles. The van der Waals surface area contributed by atoms with E-state index in [1.165, 1.54) is 4.31 Å². The van der Waals surface area contributed by atoms with Gasteiger partial charge in [0.05, 0.1) is 24.5 Å². The highest BCUT2D eigenvalue weighted by Crippen LogP contribution is 2.28. The number of para-hydroxylation sites is 1. The molecule has 1 heterocycles. The zero-order valence-corrected chi connectivity index (χ0v) is 16.7. The lowest BCUT2D eigenvalue weighted by atomic mass is 10.2. The standard InChI is InChI=1S/C20H23N3O4S/c1-3-26-18-13-9-8-12-17(18)20-21-19(27-22-20)15-23(28(24,25)4-2)14-16-10-6-5-7-11-16/h5-13H,3-4,14-15H2,1-2H3. The maximum atomic E-state index is 12.5. The van der Waals surface area contributed by atoms with Crippen LogP contribution in [0.5, 0.6) is 5.75 Å². The zero-order chi connectivity index (χ0) is 20.0. The van der Waals surface area contributed by atoms with Crippen molar-refractivity contribution in [2.24, 2.45) is 0 Å². The van der Waals surface area contributed by atoms with Crippen LogP contribution in [0.25, 0.3) is 11.4 Å². The normalized spacial score (nSPS) is 11.7. The number of rotatable bonds is 9. The summed E-state index contributed by atoms with van der Waals surface area (Å²) in [4.78, 5) is 4.39. The van der Waals surface area contributed by atoms with Crippen molar-refractivity contribution in [2.45, 2.75) is 26.9 Å². The van der Waals surface area contributed by atoms with E-state index in [2.05, 4.69) is 10.1 Å². The van der Waals surface area contributed by atoms with Gasteiger partial charge < -0.3 is 9.26 Å². The average molecular weight is 401 g/mol. The van der Waals surface area contributed by atoms with Gasteiger partial charge in [-0.25, -0.2) is 8.42 Å². The molecule has 0 saturated heterocycles. The van der Waals surface area contributed by atoms with Crippen molar-refractivity contribution < 1.29 is 17.7 Å². The Kier molecular flexibility index (Phi) is 6.43. The minimum Gasteiger partial charge on any atom is -0.493 e. The van der Waals surface area contributed by atoms with Crippen molar-refractivity contribution in [3.8, 4) is 17.1 Å². The summed E-state index contributed by atoms with van der Waals surface area (Å²) in [6.07, 6.45) is 0. The Morgan fingerprint density at radius 2 is 1.71 bits per heavy atom. The highest BCUT2D eigenvalue weighted by Gasteiger charge is 2.24. The lowest BCUT2D eigenvalue weighted by molar-refractivity contribution is 0.312. The molecule has 0 N–H and O–H groups in total. The third-order valence-electron chi connectivity index (χ3n) is 4.17. The van der Waals surface area contributed by atoms with Gasteiger partial charge in [0.2, 0.25) is 21.7 Å². The Labute approximate surface area is 165 Å². The number of nitrogens with zero attached hydrogens (tertiary/aromatic N) is 3. The van der Waals surface area contributed by atoms with Crippen LogP contribution < -0.4 is 4.74 Å². The van der Waals surface area contributed by atoms with Gasteiger partial charge in [0.25, 0.3) is 0 Å². The molecule has 0 aliphatic heterocycles. The fourth-order valence-electron chi connectivity index (χ4n) is 2.73. The van der Waals surface area contributed by atoms with Gasteiger partial charge in [0.15, 0.2) is 0 Å². The monoisotopic (exact) mass is 401 g/mol. The van der Waals surface area contributed by atoms with Gasteiger partial charge in [-0.1, -0.05) is 47.6 Å². The van der Waals surface area contributed by atoms with E-state index in [0.717, 1.165) is 5.56 Å². The van der Waals surface area contributed by atoms with Crippen LogP contribution in [0.4, 0.5) is 0 Å². The van der Waals surface area contributed by atoms with Crippen molar-refractivity contribution in [3.05, 3.63) is 66.1 Å². The van der Waals surface area contributed by atoms with Crippen LogP contribution >= 0.6 is 0 Å². The molecule has 0 aliphatic rings. The largest absolute Gasteiger partial charge is 0.493 e. The summed E-state index contributed by atoms with van der Waals surface area (Å²) in [6.45, 7) is 4.28. The van der Waals surface area contributed by atoms with Crippen LogP contribution in [0.1, 0.15) is 25.3 Å². The first-order valence-corrected chi connectivity index (χ1v) is 10.7. The third-order valence-corrected chi connectivity index (χ3v) is 5.94. The van der Waals surface area contributed by atoms with Crippen molar-refractivity contribution in [3.63, 3.8) is 0 Å². The first-order chi connectivity index (χ1) is 13.5. The van der Waals surface area contributed by atoms with E-state index in [9.17, 15) is 8.42 Å². The molecule has 0 amide bonds. The minimum absolute atomic E-state index is 0.00595. The summed E-state index contributed by atoms with van der Waals surface area (Å²) in [5.41, 5.74) is 1.59. The van der Waals surface area contributed by atoms with Crippen molar-refractivity contribution >= 4 is 10.0 Å². The highest BCUT2D eigenvalue weighted by atomic mass is 32.2. The number of benzene rings is 2. The molecule has 0 bridgehead atoms. The van der Waals surface area contributed by atoms with Crippen LogP contribution in [0.15, 0.2) is 59.1 Å². The van der Waals surface area contributed by atoms with E-state index in [1.54, 1.807) is 6.92 Å². The Morgan fingerprint density at radius 1 is 1.00 bits per heavy atom. The molecule has 0 radical (unpaired) electrons. The zero-order valence-electron chi connectivity index (χ0n) is 15.9. The summed E-state index contributed by atoms with van der Waals surface area (Å²) in [6, 6.07) is 16.8. The fraction of sp³-hybridized carbons (Fsp3) is 0.300. The summed E-state index contributed by atoms with van der Waals surface area (Å²) < 4.78 is 37.4. The predicted molar refractivity (Wildman–Crippen MR) is 106 cm³/mol. The molecule has 1 aromatic heterocycles. The van der Waals surface area contributed by atoms with Gasteiger partial charge in [0.1, 0.15) is 5.75 Å². The predicted octanol–water partition coefficient (Wildman–Crippen LogP) is 3.49. The fourth-order valence-corrected chi connectivity index (χ4v) is 3.75. The number of sulfonamides is 1. The number of hydrogen-bond donors (Lipinski definition) is 0. The molecule has 0 saturated carbocycles. The SMILES string of the molecule is CCOc1ccccc1-c1noc(CN(Cc2ccccc2)S(=O)(=O)CC)n1. The summed E-state index contributed by atoms with van der Waals surface area (Å²) in [5, 5.41) is 4.01.